The van der Waals surface area contributed by atoms with Crippen molar-refractivity contribution >= 4 is 38.9 Å². The second-order valence-corrected chi connectivity index (χ2v) is 14.8. The fourth-order valence-electron chi connectivity index (χ4n) is 9.32. The number of anilines is 3. The molecule has 0 spiro atoms. The van der Waals surface area contributed by atoms with Gasteiger partial charge in [-0.1, -0.05) is 152 Å². The van der Waals surface area contributed by atoms with Gasteiger partial charge in [0.1, 0.15) is 0 Å². The molecule has 0 atom stereocenters. The molecule has 0 amide bonds. The first-order valence-electron chi connectivity index (χ1n) is 19.5. The van der Waals surface area contributed by atoms with E-state index in [0.717, 1.165) is 33.8 Å². The number of hydrogen-bond donors (Lipinski definition) is 0. The predicted molar refractivity (Wildman–Crippen MR) is 236 cm³/mol. The molecule has 0 bridgehead atoms. The van der Waals surface area contributed by atoms with Gasteiger partial charge in [0.05, 0.1) is 28.3 Å². The molecule has 268 valence electrons. The van der Waals surface area contributed by atoms with Crippen LogP contribution in [0.5, 0.6) is 0 Å². The number of fused-ring (bicyclic) bond motifs is 6. The van der Waals surface area contributed by atoms with Crippen molar-refractivity contribution in [1.29, 1.82) is 0 Å². The highest BCUT2D eigenvalue weighted by Gasteiger charge is 2.46. The Labute approximate surface area is 332 Å². The maximum absolute atomic E-state index is 4.48. The van der Waals surface area contributed by atoms with Gasteiger partial charge in [-0.05, 0) is 105 Å². The Hall–Kier alpha value is -7.49. The van der Waals surface area contributed by atoms with Crippen LogP contribution in [0.15, 0.2) is 225 Å². The van der Waals surface area contributed by atoms with Crippen LogP contribution < -0.4 is 4.90 Å². The van der Waals surface area contributed by atoms with Crippen molar-refractivity contribution in [3.05, 3.63) is 247 Å². The summed E-state index contributed by atoms with van der Waals surface area (Å²) in [6, 6.07) is 77.4. The molecule has 1 aliphatic carbocycles. The minimum Gasteiger partial charge on any atom is -0.310 e. The Balaban J connectivity index is 1.17. The van der Waals surface area contributed by atoms with Crippen LogP contribution >= 0.6 is 0 Å². The van der Waals surface area contributed by atoms with Gasteiger partial charge in [0, 0.05) is 34.0 Å². The highest BCUT2D eigenvalue weighted by molar-refractivity contribution is 6.10. The molecule has 8 aromatic carbocycles. The molecule has 0 aliphatic heterocycles. The van der Waals surface area contributed by atoms with Crippen LogP contribution in [0.2, 0.25) is 0 Å². The molecular weight excluding hydrogens is 691 g/mol. The Kier molecular flexibility index (Phi) is 7.71. The van der Waals surface area contributed by atoms with Crippen molar-refractivity contribution in [2.45, 2.75) is 5.41 Å². The lowest BCUT2D eigenvalue weighted by atomic mass is 9.67. The number of aromatic nitrogens is 2. The fourth-order valence-corrected chi connectivity index (χ4v) is 9.32. The van der Waals surface area contributed by atoms with Crippen molar-refractivity contribution in [2.75, 3.05) is 4.90 Å². The number of hydrogen-bond acceptors (Lipinski definition) is 2. The molecule has 0 saturated heterocycles. The molecule has 57 heavy (non-hydrogen) atoms. The first kappa shape index (κ1) is 32.9. The van der Waals surface area contributed by atoms with E-state index in [9.17, 15) is 0 Å². The fraction of sp³-hybridized carbons (Fsp3) is 0.0185. The number of rotatable bonds is 7. The lowest BCUT2D eigenvalue weighted by Crippen LogP contribution is -2.28. The molecule has 0 unspecified atom stereocenters. The summed E-state index contributed by atoms with van der Waals surface area (Å²) in [7, 11) is 0. The molecule has 2 aromatic heterocycles. The van der Waals surface area contributed by atoms with Crippen LogP contribution in [0.25, 0.3) is 49.7 Å². The summed E-state index contributed by atoms with van der Waals surface area (Å²) in [5.41, 5.74) is 16.1. The molecule has 3 heteroatoms. The van der Waals surface area contributed by atoms with Gasteiger partial charge >= 0.3 is 0 Å². The molecule has 2 heterocycles. The second-order valence-electron chi connectivity index (χ2n) is 14.8. The molecule has 1 aliphatic rings. The van der Waals surface area contributed by atoms with Crippen LogP contribution in [0.1, 0.15) is 22.3 Å². The van der Waals surface area contributed by atoms with Gasteiger partial charge in [-0.3, -0.25) is 4.98 Å². The monoisotopic (exact) mass is 727 g/mol. The van der Waals surface area contributed by atoms with Gasteiger partial charge < -0.3 is 9.47 Å². The maximum Gasteiger partial charge on any atom is 0.0714 e. The first-order chi connectivity index (χ1) is 28.3. The second kappa shape index (κ2) is 13.4. The van der Waals surface area contributed by atoms with Gasteiger partial charge in [0.2, 0.25) is 0 Å². The third-order valence-corrected chi connectivity index (χ3v) is 11.8. The van der Waals surface area contributed by atoms with E-state index in [4.69, 9.17) is 0 Å². The average Bonchev–Trinajstić information content (AvgIpc) is 3.78. The highest BCUT2D eigenvalue weighted by atomic mass is 15.1. The standard InChI is InChI=1S/C54H37N3/c1-4-15-38(16-5-1)39-26-28-42(29-27-39)56(43-31-33-53-49(35-43)48-23-11-13-25-52(48)57(53)45-21-14-34-55-37-45)44-30-32-47-46-22-10-12-24-50(46)54(51(47)36-44,40-17-6-2-7-18-40)41-19-8-3-9-20-41/h1-37H. The zero-order valence-electron chi connectivity index (χ0n) is 31.2. The van der Waals surface area contributed by atoms with E-state index >= 15 is 0 Å². The van der Waals surface area contributed by atoms with Crippen molar-refractivity contribution in [3.8, 4) is 27.9 Å². The minimum atomic E-state index is -0.506. The van der Waals surface area contributed by atoms with Gasteiger partial charge in [-0.25, -0.2) is 0 Å². The van der Waals surface area contributed by atoms with Gasteiger partial charge in [-0.2, -0.15) is 0 Å². The van der Waals surface area contributed by atoms with E-state index in [2.05, 4.69) is 221 Å². The summed E-state index contributed by atoms with van der Waals surface area (Å²) in [4.78, 5) is 6.90. The average molecular weight is 728 g/mol. The van der Waals surface area contributed by atoms with Gasteiger partial charge in [0.25, 0.3) is 0 Å². The summed E-state index contributed by atoms with van der Waals surface area (Å²) < 4.78 is 2.32. The zero-order chi connectivity index (χ0) is 37.8. The first-order valence-corrected chi connectivity index (χ1v) is 19.5. The summed E-state index contributed by atoms with van der Waals surface area (Å²) >= 11 is 0. The number of pyridine rings is 1. The van der Waals surface area contributed by atoms with E-state index in [1.165, 1.54) is 55.3 Å². The molecule has 0 fully saturated rings. The third kappa shape index (κ3) is 5.17. The lowest BCUT2D eigenvalue weighted by molar-refractivity contribution is 0.768. The van der Waals surface area contributed by atoms with E-state index in [1.54, 1.807) is 0 Å². The topological polar surface area (TPSA) is 21.1 Å². The van der Waals surface area contributed by atoms with Crippen LogP contribution in [-0.2, 0) is 5.41 Å². The van der Waals surface area contributed by atoms with Crippen molar-refractivity contribution in [1.82, 2.24) is 9.55 Å². The molecule has 0 radical (unpaired) electrons. The molecule has 11 rings (SSSR count). The number of para-hydroxylation sites is 1. The van der Waals surface area contributed by atoms with Gasteiger partial charge in [0.15, 0.2) is 0 Å². The predicted octanol–water partition coefficient (Wildman–Crippen LogP) is 13.7. The third-order valence-electron chi connectivity index (χ3n) is 11.8. The number of benzene rings is 8. The zero-order valence-corrected chi connectivity index (χ0v) is 31.2. The SMILES string of the molecule is c1ccc(-c2ccc(N(c3ccc4c(c3)C(c3ccccc3)(c3ccccc3)c3ccccc3-4)c3ccc4c(c3)c3ccccc3n4-c3cccnc3)cc2)cc1. The Morgan fingerprint density at radius 3 is 1.72 bits per heavy atom. The van der Waals surface area contributed by atoms with Crippen LogP contribution in [0.3, 0.4) is 0 Å². The van der Waals surface area contributed by atoms with Crippen molar-refractivity contribution < 1.29 is 0 Å². The van der Waals surface area contributed by atoms with Crippen LogP contribution in [-0.4, -0.2) is 9.55 Å². The van der Waals surface area contributed by atoms with Crippen molar-refractivity contribution in [3.63, 3.8) is 0 Å². The quantitative estimate of drug-likeness (QED) is 0.163. The Bertz CT molecular complexity index is 3000. The molecule has 10 aromatic rings. The summed E-state index contributed by atoms with van der Waals surface area (Å²) in [5.74, 6) is 0. The molecule has 0 saturated carbocycles. The van der Waals surface area contributed by atoms with E-state index in [-0.39, 0.29) is 0 Å². The van der Waals surface area contributed by atoms with E-state index in [0.29, 0.717) is 0 Å². The van der Waals surface area contributed by atoms with Crippen LogP contribution in [0.4, 0.5) is 17.1 Å². The smallest absolute Gasteiger partial charge is 0.0714 e. The maximum atomic E-state index is 4.48. The molecule has 0 N–H and O–H groups in total. The van der Waals surface area contributed by atoms with E-state index < -0.39 is 5.41 Å². The normalized spacial score (nSPS) is 12.7. The van der Waals surface area contributed by atoms with Gasteiger partial charge in [-0.15, -0.1) is 0 Å². The summed E-state index contributed by atoms with van der Waals surface area (Å²) in [6.45, 7) is 0. The largest absolute Gasteiger partial charge is 0.310 e. The van der Waals surface area contributed by atoms with E-state index in [1.807, 2.05) is 18.5 Å². The Morgan fingerprint density at radius 1 is 0.404 bits per heavy atom. The van der Waals surface area contributed by atoms with Crippen molar-refractivity contribution in [2.24, 2.45) is 0 Å². The summed E-state index contributed by atoms with van der Waals surface area (Å²) in [6.07, 6.45) is 3.77. The Morgan fingerprint density at radius 2 is 0.982 bits per heavy atom. The van der Waals surface area contributed by atoms with Crippen LogP contribution in [0, 0.1) is 0 Å². The summed E-state index contributed by atoms with van der Waals surface area (Å²) in [5, 5.41) is 2.39. The lowest BCUT2D eigenvalue weighted by Gasteiger charge is -2.35. The molecule has 3 nitrogen and oxygen atoms in total. The number of nitrogens with zero attached hydrogens (tertiary/aromatic N) is 3. The molecular formula is C54H37N3. The minimum absolute atomic E-state index is 0.506. The highest BCUT2D eigenvalue weighted by Crippen LogP contribution is 2.57.